The molecule has 0 aliphatic carbocycles. The Hall–Kier alpha value is -3.60. The van der Waals surface area contributed by atoms with Crippen LogP contribution in [0.4, 0.5) is 8.78 Å². The molecule has 1 aliphatic heterocycles. The van der Waals surface area contributed by atoms with Gasteiger partial charge in [-0.3, -0.25) is 4.40 Å². The maximum atomic E-state index is 13.3. The van der Waals surface area contributed by atoms with Crippen LogP contribution in [0.2, 0.25) is 0 Å². The van der Waals surface area contributed by atoms with Crippen molar-refractivity contribution in [1.29, 1.82) is 5.26 Å². The van der Waals surface area contributed by atoms with Gasteiger partial charge in [0.1, 0.15) is 17.1 Å². The van der Waals surface area contributed by atoms with Crippen molar-refractivity contribution in [2.45, 2.75) is 45.3 Å². The predicted molar refractivity (Wildman–Crippen MR) is 122 cm³/mol. The van der Waals surface area contributed by atoms with Gasteiger partial charge in [0, 0.05) is 30.0 Å². The van der Waals surface area contributed by atoms with E-state index < -0.39 is 12.0 Å². The molecule has 1 saturated heterocycles. The van der Waals surface area contributed by atoms with E-state index in [-0.39, 0.29) is 11.8 Å². The molecule has 0 radical (unpaired) electrons. The molecule has 8 heteroatoms. The summed E-state index contributed by atoms with van der Waals surface area (Å²) in [6.45, 7) is 7.67. The van der Waals surface area contributed by atoms with E-state index in [0.717, 1.165) is 18.5 Å². The van der Waals surface area contributed by atoms with Crippen LogP contribution < -0.4 is 9.47 Å². The van der Waals surface area contributed by atoms with E-state index in [1.54, 1.807) is 18.3 Å². The molecule has 0 N–H and O–H groups in total. The Kier molecular flexibility index (Phi) is 5.75. The predicted octanol–water partition coefficient (Wildman–Crippen LogP) is 5.48. The molecule has 6 nitrogen and oxygen atoms in total. The van der Waals surface area contributed by atoms with Crippen LogP contribution in [-0.4, -0.2) is 40.6 Å². The number of nitrogens with zero attached hydrogens (tertiary/aromatic N) is 4. The molecule has 1 aliphatic rings. The fourth-order valence-electron chi connectivity index (χ4n) is 4.08. The van der Waals surface area contributed by atoms with Crippen molar-refractivity contribution in [3.63, 3.8) is 0 Å². The van der Waals surface area contributed by atoms with Crippen LogP contribution in [0.1, 0.15) is 38.3 Å². The van der Waals surface area contributed by atoms with Gasteiger partial charge >= 0.3 is 6.61 Å². The van der Waals surface area contributed by atoms with Gasteiger partial charge in [0.25, 0.3) is 0 Å². The zero-order valence-electron chi connectivity index (χ0n) is 19.1. The zero-order valence-corrected chi connectivity index (χ0v) is 19.1. The van der Waals surface area contributed by atoms with E-state index in [1.165, 1.54) is 7.11 Å². The Labute approximate surface area is 191 Å². The standard InChI is InChI=1S/C25H26F2N4O2/c1-15-6-8-30(15)16(2)23-20(32-5)10-17(11-21(23)33-24(26)27)19-13-29-22-12-18(7-9-31(19)22)25(3,4)14-28/h7,9-13,15,24H,2,6,8H2,1,3-5H3. The van der Waals surface area contributed by atoms with Crippen molar-refractivity contribution in [2.24, 2.45) is 0 Å². The number of imidazole rings is 1. The normalized spacial score (nSPS) is 15.9. The Morgan fingerprint density at radius 3 is 2.61 bits per heavy atom. The number of alkyl halides is 2. The first kappa shape index (κ1) is 22.6. The van der Waals surface area contributed by atoms with Crippen molar-refractivity contribution >= 4 is 11.3 Å². The third kappa shape index (κ3) is 3.99. The number of methoxy groups -OCH3 is 1. The second-order valence-corrected chi connectivity index (χ2v) is 8.73. The summed E-state index contributed by atoms with van der Waals surface area (Å²) < 4.78 is 39.0. The van der Waals surface area contributed by atoms with E-state index in [9.17, 15) is 14.0 Å². The molecule has 3 heterocycles. The van der Waals surface area contributed by atoms with Gasteiger partial charge in [-0.2, -0.15) is 14.0 Å². The summed E-state index contributed by atoms with van der Waals surface area (Å²) in [6, 6.07) is 9.61. The minimum Gasteiger partial charge on any atom is -0.496 e. The lowest BCUT2D eigenvalue weighted by Gasteiger charge is -2.42. The fourth-order valence-corrected chi connectivity index (χ4v) is 4.08. The average molecular weight is 453 g/mol. The van der Waals surface area contributed by atoms with E-state index in [1.807, 2.05) is 41.5 Å². The Balaban J connectivity index is 1.84. The Morgan fingerprint density at radius 2 is 2.03 bits per heavy atom. The van der Waals surface area contributed by atoms with Gasteiger partial charge in [-0.25, -0.2) is 4.98 Å². The highest BCUT2D eigenvalue weighted by atomic mass is 19.3. The number of aromatic nitrogens is 2. The van der Waals surface area contributed by atoms with Gasteiger partial charge in [-0.05, 0) is 57.0 Å². The summed E-state index contributed by atoms with van der Waals surface area (Å²) in [6.07, 6.45) is 4.49. The lowest BCUT2D eigenvalue weighted by atomic mass is 9.87. The van der Waals surface area contributed by atoms with Crippen molar-refractivity contribution in [3.8, 4) is 28.8 Å². The first-order valence-electron chi connectivity index (χ1n) is 10.7. The number of halogens is 2. The maximum Gasteiger partial charge on any atom is 0.387 e. The molecule has 33 heavy (non-hydrogen) atoms. The number of benzene rings is 1. The molecular weight excluding hydrogens is 426 g/mol. The molecule has 1 aromatic carbocycles. The zero-order chi connectivity index (χ0) is 23.9. The number of hydrogen-bond acceptors (Lipinski definition) is 5. The first-order valence-corrected chi connectivity index (χ1v) is 10.7. The molecule has 0 spiro atoms. The molecule has 2 aromatic heterocycles. The van der Waals surface area contributed by atoms with E-state index in [0.29, 0.717) is 33.9 Å². The number of rotatable bonds is 7. The first-order chi connectivity index (χ1) is 15.7. The van der Waals surface area contributed by atoms with Gasteiger partial charge in [0.05, 0.1) is 36.0 Å². The molecule has 1 atom stereocenters. The minimum atomic E-state index is -3.00. The highest BCUT2D eigenvalue weighted by Crippen LogP contribution is 2.43. The summed E-state index contributed by atoms with van der Waals surface area (Å²) >= 11 is 0. The van der Waals surface area contributed by atoms with Crippen molar-refractivity contribution in [1.82, 2.24) is 14.3 Å². The molecule has 1 fully saturated rings. The lowest BCUT2D eigenvalue weighted by molar-refractivity contribution is -0.0502. The number of nitriles is 1. The number of fused-ring (bicyclic) bond motifs is 1. The second kappa shape index (κ2) is 8.39. The highest BCUT2D eigenvalue weighted by molar-refractivity contribution is 5.79. The van der Waals surface area contributed by atoms with Crippen LogP contribution >= 0.6 is 0 Å². The molecule has 172 valence electrons. The lowest BCUT2D eigenvalue weighted by Crippen LogP contribution is -2.43. The summed E-state index contributed by atoms with van der Waals surface area (Å²) in [5.74, 6) is 0.394. The van der Waals surface area contributed by atoms with Gasteiger partial charge in [-0.1, -0.05) is 6.58 Å². The van der Waals surface area contributed by atoms with Crippen LogP contribution in [0.25, 0.3) is 22.6 Å². The van der Waals surface area contributed by atoms with Crippen molar-refractivity contribution < 1.29 is 18.3 Å². The molecule has 1 unspecified atom stereocenters. The third-order valence-corrected chi connectivity index (χ3v) is 6.27. The Morgan fingerprint density at radius 1 is 1.30 bits per heavy atom. The van der Waals surface area contributed by atoms with Crippen LogP contribution in [0.3, 0.4) is 0 Å². The van der Waals surface area contributed by atoms with Gasteiger partial charge in [0.15, 0.2) is 0 Å². The number of hydrogen-bond donors (Lipinski definition) is 0. The number of ether oxygens (including phenoxy) is 2. The summed E-state index contributed by atoms with van der Waals surface area (Å²) in [5.41, 5.74) is 3.11. The van der Waals surface area contributed by atoms with Gasteiger partial charge in [-0.15, -0.1) is 0 Å². The molecule has 0 saturated carbocycles. The monoisotopic (exact) mass is 452 g/mol. The smallest absolute Gasteiger partial charge is 0.387 e. The molecule has 0 amide bonds. The van der Waals surface area contributed by atoms with Crippen molar-refractivity contribution in [2.75, 3.05) is 13.7 Å². The molecule has 0 bridgehead atoms. The Bertz CT molecular complexity index is 1260. The van der Waals surface area contributed by atoms with Crippen LogP contribution in [0.5, 0.6) is 11.5 Å². The summed E-state index contributed by atoms with van der Waals surface area (Å²) in [4.78, 5) is 6.51. The largest absolute Gasteiger partial charge is 0.496 e. The van der Waals surface area contributed by atoms with E-state index >= 15 is 0 Å². The SMILES string of the molecule is C=C(c1c(OC)cc(-c2cnc3cc(C(C)(C)C#N)ccn23)cc1OC(F)F)N1CCC1C. The molecule has 4 rings (SSSR count). The summed E-state index contributed by atoms with van der Waals surface area (Å²) in [5, 5.41) is 9.43. The quantitative estimate of drug-likeness (QED) is 0.475. The minimum absolute atomic E-state index is 0.000587. The average Bonchev–Trinajstić information content (AvgIpc) is 3.20. The van der Waals surface area contributed by atoms with Gasteiger partial charge in [0.2, 0.25) is 0 Å². The van der Waals surface area contributed by atoms with E-state index in [4.69, 9.17) is 9.47 Å². The van der Waals surface area contributed by atoms with E-state index in [2.05, 4.69) is 24.6 Å². The van der Waals surface area contributed by atoms with Crippen LogP contribution in [0, 0.1) is 11.3 Å². The van der Waals surface area contributed by atoms with Crippen LogP contribution in [0.15, 0.2) is 43.2 Å². The topological polar surface area (TPSA) is 62.8 Å². The maximum absolute atomic E-state index is 13.3. The number of likely N-dealkylation sites (tertiary alicyclic amines) is 1. The number of pyridine rings is 1. The third-order valence-electron chi connectivity index (χ3n) is 6.27. The highest BCUT2D eigenvalue weighted by Gasteiger charge is 2.30. The van der Waals surface area contributed by atoms with Gasteiger partial charge < -0.3 is 14.4 Å². The van der Waals surface area contributed by atoms with Crippen molar-refractivity contribution in [3.05, 3.63) is 54.4 Å². The molecular formula is C25H26F2N4O2. The fraction of sp³-hybridized carbons (Fsp3) is 0.360. The molecule has 3 aromatic rings. The second-order valence-electron chi connectivity index (χ2n) is 8.73. The summed E-state index contributed by atoms with van der Waals surface area (Å²) in [7, 11) is 1.49. The van der Waals surface area contributed by atoms with Crippen LogP contribution in [-0.2, 0) is 5.41 Å².